The van der Waals surface area contributed by atoms with E-state index in [4.69, 9.17) is 4.74 Å². The Balaban J connectivity index is 1.94. The van der Waals surface area contributed by atoms with Gasteiger partial charge in [-0.1, -0.05) is 30.3 Å². The quantitative estimate of drug-likeness (QED) is 0.522. The number of rotatable bonds is 7. The Morgan fingerprint density at radius 3 is 2.21 bits per heavy atom. The Morgan fingerprint density at radius 1 is 0.939 bits per heavy atom. The predicted molar refractivity (Wildman–Crippen MR) is 132 cm³/mol. The van der Waals surface area contributed by atoms with Crippen molar-refractivity contribution in [3.05, 3.63) is 78.4 Å². The molecule has 2 N–H and O–H groups in total. The number of hydrogen-bond acceptors (Lipinski definition) is 5. The molecule has 174 valence electrons. The van der Waals surface area contributed by atoms with E-state index in [9.17, 15) is 13.2 Å². The highest BCUT2D eigenvalue weighted by Crippen LogP contribution is 2.31. The van der Waals surface area contributed by atoms with E-state index in [0.29, 0.717) is 5.69 Å². The number of hydrogen-bond donors (Lipinski definition) is 2. The Hall–Kier alpha value is -3.36. The molecule has 0 bridgehead atoms. The van der Waals surface area contributed by atoms with E-state index < -0.39 is 21.5 Å². The number of carbonyl (C=O) groups excluding carboxylic acids is 1. The fraction of sp³-hybridized carbons (Fsp3) is 0.240. The molecule has 0 aliphatic rings. The first-order valence-corrected chi connectivity index (χ1v) is 11.9. The van der Waals surface area contributed by atoms with Gasteiger partial charge in [0.1, 0.15) is 10.6 Å². The number of para-hydroxylation sites is 3. The number of nitrogens with zero attached hydrogens (tertiary/aromatic N) is 1. The van der Waals surface area contributed by atoms with Crippen molar-refractivity contribution in [1.29, 1.82) is 0 Å². The summed E-state index contributed by atoms with van der Waals surface area (Å²) >= 11 is 0. The molecule has 0 radical (unpaired) electrons. The fourth-order valence-corrected chi connectivity index (χ4v) is 4.96. The molecular formula is C25H29N3O4S. The van der Waals surface area contributed by atoms with Gasteiger partial charge in [0.25, 0.3) is 5.91 Å². The molecule has 0 fully saturated rings. The van der Waals surface area contributed by atoms with E-state index in [-0.39, 0.29) is 16.2 Å². The topological polar surface area (TPSA) is 87.7 Å². The second-order valence-electron chi connectivity index (χ2n) is 8.59. The molecule has 7 nitrogen and oxygen atoms in total. The van der Waals surface area contributed by atoms with Crippen molar-refractivity contribution in [1.82, 2.24) is 4.72 Å². The zero-order chi connectivity index (χ0) is 24.2. The molecule has 0 aromatic heterocycles. The SMILES string of the molecule is COc1ccc(C(=O)Nc2ccccc2N(C)c2ccccc2)cc1S(=O)(=O)NC(C)(C)C. The largest absolute Gasteiger partial charge is 0.495 e. The van der Waals surface area contributed by atoms with Crippen LogP contribution in [0.4, 0.5) is 17.1 Å². The Morgan fingerprint density at radius 2 is 1.58 bits per heavy atom. The van der Waals surface area contributed by atoms with Crippen LogP contribution in [0, 0.1) is 0 Å². The van der Waals surface area contributed by atoms with E-state index in [1.807, 2.05) is 60.5 Å². The molecule has 33 heavy (non-hydrogen) atoms. The van der Waals surface area contributed by atoms with Gasteiger partial charge >= 0.3 is 0 Å². The van der Waals surface area contributed by atoms with Crippen LogP contribution in [-0.2, 0) is 10.0 Å². The molecule has 3 aromatic rings. The highest BCUT2D eigenvalue weighted by atomic mass is 32.2. The summed E-state index contributed by atoms with van der Waals surface area (Å²) in [4.78, 5) is 15.0. The fourth-order valence-electron chi connectivity index (χ4n) is 3.34. The summed E-state index contributed by atoms with van der Waals surface area (Å²) in [7, 11) is -0.607. The van der Waals surface area contributed by atoms with Crippen LogP contribution >= 0.6 is 0 Å². The number of carbonyl (C=O) groups is 1. The summed E-state index contributed by atoms with van der Waals surface area (Å²) in [6.45, 7) is 5.23. The average molecular weight is 468 g/mol. The average Bonchev–Trinajstić information content (AvgIpc) is 2.77. The van der Waals surface area contributed by atoms with Crippen LogP contribution in [0.3, 0.4) is 0 Å². The number of sulfonamides is 1. The van der Waals surface area contributed by atoms with Crippen LogP contribution in [0.25, 0.3) is 0 Å². The van der Waals surface area contributed by atoms with Crippen LogP contribution in [0.1, 0.15) is 31.1 Å². The Kier molecular flexibility index (Phi) is 7.09. The van der Waals surface area contributed by atoms with Gasteiger partial charge in [-0.3, -0.25) is 4.79 Å². The third-order valence-electron chi connectivity index (χ3n) is 4.81. The number of benzene rings is 3. The van der Waals surface area contributed by atoms with Gasteiger partial charge in [0.2, 0.25) is 10.0 Å². The maximum Gasteiger partial charge on any atom is 0.255 e. The molecule has 0 unspecified atom stereocenters. The maximum atomic E-state index is 13.1. The minimum absolute atomic E-state index is 0.0951. The summed E-state index contributed by atoms with van der Waals surface area (Å²) in [5, 5.41) is 2.91. The van der Waals surface area contributed by atoms with Crippen molar-refractivity contribution in [3.63, 3.8) is 0 Å². The first kappa shape index (κ1) is 24.3. The summed E-state index contributed by atoms with van der Waals surface area (Å²) < 4.78 is 33.7. The van der Waals surface area contributed by atoms with Gasteiger partial charge in [-0.25, -0.2) is 13.1 Å². The van der Waals surface area contributed by atoms with Gasteiger partial charge < -0.3 is 15.0 Å². The molecular weight excluding hydrogens is 438 g/mol. The van der Waals surface area contributed by atoms with E-state index in [0.717, 1.165) is 11.4 Å². The number of nitrogens with one attached hydrogen (secondary N) is 2. The monoisotopic (exact) mass is 467 g/mol. The van der Waals surface area contributed by atoms with Gasteiger partial charge in [0, 0.05) is 23.8 Å². The van der Waals surface area contributed by atoms with E-state index in [2.05, 4.69) is 10.0 Å². The third kappa shape index (κ3) is 5.91. The minimum Gasteiger partial charge on any atom is -0.495 e. The lowest BCUT2D eigenvalue weighted by atomic mass is 10.1. The van der Waals surface area contributed by atoms with Crippen molar-refractivity contribution in [2.75, 3.05) is 24.4 Å². The molecule has 1 amide bonds. The van der Waals surface area contributed by atoms with Gasteiger partial charge in [-0.15, -0.1) is 0 Å². The normalized spacial score (nSPS) is 11.7. The lowest BCUT2D eigenvalue weighted by Crippen LogP contribution is -2.40. The van der Waals surface area contributed by atoms with E-state index in [1.54, 1.807) is 26.8 Å². The molecule has 0 aliphatic carbocycles. The molecule has 0 saturated carbocycles. The van der Waals surface area contributed by atoms with E-state index in [1.165, 1.54) is 25.3 Å². The summed E-state index contributed by atoms with van der Waals surface area (Å²) in [6, 6.07) is 21.5. The zero-order valence-electron chi connectivity index (χ0n) is 19.4. The highest BCUT2D eigenvalue weighted by Gasteiger charge is 2.26. The second-order valence-corrected chi connectivity index (χ2v) is 10.2. The Labute approximate surface area is 195 Å². The second kappa shape index (κ2) is 9.64. The van der Waals surface area contributed by atoms with Crippen LogP contribution < -0.4 is 19.7 Å². The predicted octanol–water partition coefficient (Wildman–Crippen LogP) is 4.79. The number of amides is 1. The van der Waals surface area contributed by atoms with Crippen molar-refractivity contribution in [2.24, 2.45) is 0 Å². The molecule has 8 heteroatoms. The zero-order valence-corrected chi connectivity index (χ0v) is 20.2. The van der Waals surface area contributed by atoms with Crippen molar-refractivity contribution in [3.8, 4) is 5.75 Å². The third-order valence-corrected chi connectivity index (χ3v) is 6.59. The Bertz CT molecular complexity index is 1240. The summed E-state index contributed by atoms with van der Waals surface area (Å²) in [5.74, 6) is -0.272. The first-order valence-electron chi connectivity index (χ1n) is 10.4. The molecule has 0 saturated heterocycles. The number of anilines is 3. The molecule has 0 heterocycles. The van der Waals surface area contributed by atoms with E-state index >= 15 is 0 Å². The standard InChI is InChI=1S/C25H29N3O4S/c1-25(2,3)27-33(30,31)23-17-18(15-16-22(23)32-5)24(29)26-20-13-9-10-14-21(20)28(4)19-11-7-6-8-12-19/h6-17,27H,1-5H3,(H,26,29). The molecule has 0 aliphatic heterocycles. The minimum atomic E-state index is -3.91. The van der Waals surface area contributed by atoms with Crippen LogP contribution in [0.5, 0.6) is 5.75 Å². The first-order chi connectivity index (χ1) is 15.5. The highest BCUT2D eigenvalue weighted by molar-refractivity contribution is 7.89. The lowest BCUT2D eigenvalue weighted by molar-refractivity contribution is 0.102. The van der Waals surface area contributed by atoms with Crippen LogP contribution in [-0.4, -0.2) is 34.0 Å². The van der Waals surface area contributed by atoms with Crippen molar-refractivity contribution >= 4 is 33.0 Å². The molecule has 3 aromatic carbocycles. The molecule has 3 rings (SSSR count). The molecule has 0 spiro atoms. The van der Waals surface area contributed by atoms with Crippen molar-refractivity contribution < 1.29 is 17.9 Å². The number of methoxy groups -OCH3 is 1. The van der Waals surface area contributed by atoms with Crippen molar-refractivity contribution in [2.45, 2.75) is 31.2 Å². The summed E-state index contributed by atoms with van der Waals surface area (Å²) in [6.07, 6.45) is 0. The lowest BCUT2D eigenvalue weighted by Gasteiger charge is -2.23. The smallest absolute Gasteiger partial charge is 0.255 e. The maximum absolute atomic E-state index is 13.1. The van der Waals surface area contributed by atoms with Gasteiger partial charge in [0.05, 0.1) is 18.5 Å². The van der Waals surface area contributed by atoms with Crippen LogP contribution in [0.2, 0.25) is 0 Å². The number of ether oxygens (including phenoxy) is 1. The molecule has 0 atom stereocenters. The van der Waals surface area contributed by atoms with Gasteiger partial charge in [-0.2, -0.15) is 0 Å². The van der Waals surface area contributed by atoms with Gasteiger partial charge in [0.15, 0.2) is 0 Å². The van der Waals surface area contributed by atoms with Gasteiger partial charge in [-0.05, 0) is 63.2 Å². The summed E-state index contributed by atoms with van der Waals surface area (Å²) in [5.41, 5.74) is 1.87. The van der Waals surface area contributed by atoms with Crippen LogP contribution in [0.15, 0.2) is 77.7 Å².